The summed E-state index contributed by atoms with van der Waals surface area (Å²) in [5, 5.41) is 8.80. The van der Waals surface area contributed by atoms with Crippen molar-refractivity contribution in [2.75, 3.05) is 0 Å². The lowest BCUT2D eigenvalue weighted by Gasteiger charge is -2.12. The van der Waals surface area contributed by atoms with Gasteiger partial charge in [-0.3, -0.25) is 0 Å². The number of aryl methyl sites for hydroxylation is 1. The molecule has 0 radical (unpaired) electrons. The zero-order chi connectivity index (χ0) is 12.7. The Hall–Kier alpha value is -0.860. The molecule has 0 N–H and O–H groups in total. The molecule has 0 amide bonds. The molecule has 1 saturated carbocycles. The normalized spacial score (nSPS) is 30.6. The topological polar surface area (TPSA) is 30.7 Å². The SMILES string of the molecule is CC[C@H]1[C@H]2CCc3nnn(CC(C)C)c3CC[C@@H]12. The van der Waals surface area contributed by atoms with E-state index in [2.05, 4.69) is 35.8 Å². The van der Waals surface area contributed by atoms with Crippen molar-refractivity contribution in [1.82, 2.24) is 15.0 Å². The molecule has 2 aliphatic rings. The molecule has 1 aromatic heterocycles. The van der Waals surface area contributed by atoms with E-state index in [-0.39, 0.29) is 0 Å². The van der Waals surface area contributed by atoms with Gasteiger partial charge in [-0.05, 0) is 49.4 Å². The molecule has 0 spiro atoms. The largest absolute Gasteiger partial charge is 0.249 e. The first kappa shape index (κ1) is 12.2. The van der Waals surface area contributed by atoms with E-state index in [9.17, 15) is 0 Å². The van der Waals surface area contributed by atoms with Crippen molar-refractivity contribution in [3.63, 3.8) is 0 Å². The number of fused-ring (bicyclic) bond motifs is 2. The van der Waals surface area contributed by atoms with Gasteiger partial charge in [0.05, 0.1) is 11.4 Å². The minimum Gasteiger partial charge on any atom is -0.249 e. The van der Waals surface area contributed by atoms with Crippen LogP contribution in [0.2, 0.25) is 0 Å². The average Bonchev–Trinajstić information content (AvgIpc) is 2.84. The Morgan fingerprint density at radius 2 is 1.94 bits per heavy atom. The van der Waals surface area contributed by atoms with Crippen LogP contribution in [-0.4, -0.2) is 15.0 Å². The quantitative estimate of drug-likeness (QED) is 0.821. The Morgan fingerprint density at radius 3 is 2.61 bits per heavy atom. The Labute approximate surface area is 110 Å². The summed E-state index contributed by atoms with van der Waals surface area (Å²) in [4.78, 5) is 0. The van der Waals surface area contributed by atoms with Gasteiger partial charge in [-0.15, -0.1) is 5.10 Å². The van der Waals surface area contributed by atoms with Gasteiger partial charge in [0.2, 0.25) is 0 Å². The first-order chi connectivity index (χ1) is 8.70. The molecule has 18 heavy (non-hydrogen) atoms. The maximum atomic E-state index is 4.43. The van der Waals surface area contributed by atoms with Gasteiger partial charge < -0.3 is 0 Å². The predicted octanol–water partition coefficient (Wildman–Crippen LogP) is 3.09. The van der Waals surface area contributed by atoms with E-state index >= 15 is 0 Å². The summed E-state index contributed by atoms with van der Waals surface area (Å²) < 4.78 is 2.17. The maximum Gasteiger partial charge on any atom is 0.0859 e. The summed E-state index contributed by atoms with van der Waals surface area (Å²) in [6, 6.07) is 0. The van der Waals surface area contributed by atoms with Crippen LogP contribution >= 0.6 is 0 Å². The van der Waals surface area contributed by atoms with Crippen LogP contribution in [0.3, 0.4) is 0 Å². The molecule has 1 aromatic rings. The molecule has 3 atom stereocenters. The molecule has 3 nitrogen and oxygen atoms in total. The summed E-state index contributed by atoms with van der Waals surface area (Å²) in [5.41, 5.74) is 2.72. The van der Waals surface area contributed by atoms with Crippen molar-refractivity contribution >= 4 is 0 Å². The van der Waals surface area contributed by atoms with Crippen LogP contribution in [0, 0.1) is 23.7 Å². The van der Waals surface area contributed by atoms with Crippen LogP contribution in [0.15, 0.2) is 0 Å². The van der Waals surface area contributed by atoms with E-state index in [1.54, 1.807) is 0 Å². The molecule has 1 heterocycles. The van der Waals surface area contributed by atoms with Gasteiger partial charge in [0, 0.05) is 6.54 Å². The molecule has 3 rings (SSSR count). The maximum absolute atomic E-state index is 4.43. The molecular weight excluding hydrogens is 222 g/mol. The van der Waals surface area contributed by atoms with Crippen molar-refractivity contribution in [2.24, 2.45) is 23.7 Å². The summed E-state index contributed by atoms with van der Waals surface area (Å²) in [6.45, 7) is 7.87. The highest BCUT2D eigenvalue weighted by Gasteiger charge is 2.48. The minimum absolute atomic E-state index is 0.651. The highest BCUT2D eigenvalue weighted by Crippen LogP contribution is 2.54. The van der Waals surface area contributed by atoms with E-state index in [1.807, 2.05) is 0 Å². The van der Waals surface area contributed by atoms with Crippen molar-refractivity contribution < 1.29 is 0 Å². The lowest BCUT2D eigenvalue weighted by Crippen LogP contribution is -2.12. The Morgan fingerprint density at radius 1 is 1.22 bits per heavy atom. The number of aromatic nitrogens is 3. The highest BCUT2D eigenvalue weighted by molar-refractivity contribution is 5.15. The fraction of sp³-hybridized carbons (Fsp3) is 0.867. The molecule has 0 saturated heterocycles. The number of hydrogen-bond donors (Lipinski definition) is 0. The van der Waals surface area contributed by atoms with Gasteiger partial charge in [0.1, 0.15) is 0 Å². The summed E-state index contributed by atoms with van der Waals surface area (Å²) >= 11 is 0. The number of rotatable bonds is 3. The van der Waals surface area contributed by atoms with Crippen LogP contribution in [0.25, 0.3) is 0 Å². The van der Waals surface area contributed by atoms with Crippen molar-refractivity contribution in [2.45, 2.75) is 59.4 Å². The molecule has 3 heteroatoms. The van der Waals surface area contributed by atoms with Crippen LogP contribution in [-0.2, 0) is 19.4 Å². The smallest absolute Gasteiger partial charge is 0.0859 e. The first-order valence-electron chi connectivity index (χ1n) is 7.62. The van der Waals surface area contributed by atoms with Gasteiger partial charge in [-0.2, -0.15) is 0 Å². The number of hydrogen-bond acceptors (Lipinski definition) is 2. The van der Waals surface area contributed by atoms with Crippen molar-refractivity contribution in [1.29, 1.82) is 0 Å². The fourth-order valence-electron chi connectivity index (χ4n) is 3.92. The highest BCUT2D eigenvalue weighted by atomic mass is 15.4. The van der Waals surface area contributed by atoms with E-state index in [1.165, 1.54) is 37.1 Å². The zero-order valence-electron chi connectivity index (χ0n) is 11.9. The van der Waals surface area contributed by atoms with Crippen LogP contribution < -0.4 is 0 Å². The van der Waals surface area contributed by atoms with Crippen molar-refractivity contribution in [3.8, 4) is 0 Å². The second kappa shape index (κ2) is 4.67. The number of nitrogens with zero attached hydrogens (tertiary/aromatic N) is 3. The molecule has 1 fully saturated rings. The average molecular weight is 247 g/mol. The second-order valence-electron chi connectivity index (χ2n) is 6.54. The van der Waals surface area contributed by atoms with Gasteiger partial charge in [0.25, 0.3) is 0 Å². The second-order valence-corrected chi connectivity index (χ2v) is 6.54. The fourth-order valence-corrected chi connectivity index (χ4v) is 3.92. The lowest BCUT2D eigenvalue weighted by molar-refractivity contribution is 0.451. The van der Waals surface area contributed by atoms with E-state index in [4.69, 9.17) is 0 Å². The van der Waals surface area contributed by atoms with Gasteiger partial charge in [-0.25, -0.2) is 4.68 Å². The third-order valence-corrected chi connectivity index (χ3v) is 4.87. The predicted molar refractivity (Wildman–Crippen MR) is 72.3 cm³/mol. The molecule has 100 valence electrons. The minimum atomic E-state index is 0.651. The molecule has 0 aromatic carbocycles. The van der Waals surface area contributed by atoms with Crippen LogP contribution in [0.1, 0.15) is 51.4 Å². The third-order valence-electron chi connectivity index (χ3n) is 4.87. The summed E-state index contributed by atoms with van der Waals surface area (Å²) in [5.74, 6) is 3.67. The van der Waals surface area contributed by atoms with Crippen LogP contribution in [0.5, 0.6) is 0 Å². The van der Waals surface area contributed by atoms with E-state index < -0.39 is 0 Å². The first-order valence-corrected chi connectivity index (χ1v) is 7.62. The summed E-state index contributed by atoms with van der Waals surface area (Å²) in [6.07, 6.45) is 6.44. The van der Waals surface area contributed by atoms with Crippen LogP contribution in [0.4, 0.5) is 0 Å². The monoisotopic (exact) mass is 247 g/mol. The van der Waals surface area contributed by atoms with Crippen molar-refractivity contribution in [3.05, 3.63) is 11.4 Å². The molecule has 0 unspecified atom stereocenters. The summed E-state index contributed by atoms with van der Waals surface area (Å²) in [7, 11) is 0. The third kappa shape index (κ3) is 2.08. The Kier molecular flexibility index (Phi) is 3.16. The molecule has 0 bridgehead atoms. The van der Waals surface area contributed by atoms with E-state index in [0.29, 0.717) is 5.92 Å². The standard InChI is InChI=1S/C15H25N3/c1-4-11-12-5-7-14-15(8-6-13(11)12)18(17-16-14)9-10(2)3/h10-13H,4-9H2,1-3H3/t11-,12+,13-/m0/s1. The van der Waals surface area contributed by atoms with Gasteiger partial charge in [-0.1, -0.05) is 32.4 Å². The van der Waals surface area contributed by atoms with Gasteiger partial charge >= 0.3 is 0 Å². The molecular formula is C15H25N3. The molecule has 2 aliphatic carbocycles. The Balaban J connectivity index is 1.76. The zero-order valence-corrected chi connectivity index (χ0v) is 11.9. The Bertz CT molecular complexity index is 421. The van der Waals surface area contributed by atoms with E-state index in [0.717, 1.165) is 30.7 Å². The lowest BCUT2D eigenvalue weighted by atomic mass is 10.0. The van der Waals surface area contributed by atoms with Gasteiger partial charge in [0.15, 0.2) is 0 Å². The molecule has 0 aliphatic heterocycles.